The highest BCUT2D eigenvalue weighted by atomic mass is 15.0. The van der Waals surface area contributed by atoms with Crippen LogP contribution in [0.3, 0.4) is 0 Å². The van der Waals surface area contributed by atoms with Crippen LogP contribution in [0.2, 0.25) is 0 Å². The van der Waals surface area contributed by atoms with Crippen molar-refractivity contribution in [3.8, 4) is 11.1 Å². The minimum Gasteiger partial charge on any atom is -0.258 e. The van der Waals surface area contributed by atoms with Gasteiger partial charge in [-0.2, -0.15) is 0 Å². The molecule has 2 aromatic carbocycles. The second-order valence-corrected chi connectivity index (χ2v) is 9.05. The summed E-state index contributed by atoms with van der Waals surface area (Å²) in [5.74, 6) is 0. The number of nitrogens with zero attached hydrogens (tertiary/aromatic N) is 3. The van der Waals surface area contributed by atoms with Crippen molar-refractivity contribution in [1.29, 1.82) is 0 Å². The molecule has 3 heteroatoms. The lowest BCUT2D eigenvalue weighted by molar-refractivity contribution is 0.697. The fraction of sp³-hybridized carbons (Fsp3) is 0.240. The number of aromatic nitrogens is 1. The molecule has 3 aliphatic rings. The van der Waals surface area contributed by atoms with Crippen LogP contribution in [0.5, 0.6) is 0 Å². The van der Waals surface area contributed by atoms with E-state index in [4.69, 9.17) is 15.0 Å². The van der Waals surface area contributed by atoms with Gasteiger partial charge in [0.25, 0.3) is 0 Å². The zero-order valence-corrected chi connectivity index (χ0v) is 16.5. The van der Waals surface area contributed by atoms with Gasteiger partial charge in [-0.05, 0) is 62.1 Å². The van der Waals surface area contributed by atoms with Crippen LogP contribution in [0, 0.1) is 0 Å². The molecule has 3 nitrogen and oxygen atoms in total. The number of pyridine rings is 1. The average molecular weight is 363 g/mol. The van der Waals surface area contributed by atoms with Crippen molar-refractivity contribution in [2.45, 2.75) is 38.5 Å². The predicted octanol–water partition coefficient (Wildman–Crippen LogP) is 5.89. The standard InChI is InChI=1S/C25H21N3/c1-24(2)18-13-26-23-20-19(18)27-21(24)16-9-5-7-14(11-16)15-8-6-10-17(12-15)22(28-20)25(23,3)4/h5-13H,1-4H3. The van der Waals surface area contributed by atoms with Crippen molar-refractivity contribution in [3.05, 3.63) is 77.1 Å². The molecule has 0 saturated heterocycles. The van der Waals surface area contributed by atoms with Crippen molar-refractivity contribution in [2.75, 3.05) is 0 Å². The molecule has 0 atom stereocenters. The summed E-state index contributed by atoms with van der Waals surface area (Å²) in [6, 6.07) is 17.5. The van der Waals surface area contributed by atoms with Crippen molar-refractivity contribution in [1.82, 2.24) is 4.98 Å². The van der Waals surface area contributed by atoms with Gasteiger partial charge in [-0.15, -0.1) is 0 Å². The second-order valence-electron chi connectivity index (χ2n) is 9.05. The topological polar surface area (TPSA) is 37.6 Å². The molecule has 0 saturated carbocycles. The van der Waals surface area contributed by atoms with Gasteiger partial charge < -0.3 is 0 Å². The third kappa shape index (κ3) is 1.82. The molecule has 0 unspecified atom stereocenters. The summed E-state index contributed by atoms with van der Waals surface area (Å²) in [4.78, 5) is 15.2. The third-order valence-electron chi connectivity index (χ3n) is 6.53. The first-order chi connectivity index (χ1) is 13.4. The number of fused-ring (bicyclic) bond motifs is 7. The number of hydrogen-bond acceptors (Lipinski definition) is 3. The second kappa shape index (κ2) is 4.85. The Morgan fingerprint density at radius 2 is 1.18 bits per heavy atom. The van der Waals surface area contributed by atoms with Crippen LogP contribution in [-0.2, 0) is 10.8 Å². The molecule has 3 aromatic rings. The maximum Gasteiger partial charge on any atom is 0.112 e. The molecule has 0 spiro atoms. The van der Waals surface area contributed by atoms with E-state index in [9.17, 15) is 0 Å². The molecule has 1 aromatic heterocycles. The SMILES string of the molecule is CC1(C)C2=Nc3c1cnc1c3N=C(c3cccc(c3)-c3cccc2c3)C1(C)C. The van der Waals surface area contributed by atoms with E-state index in [2.05, 4.69) is 76.2 Å². The number of hydrogen-bond donors (Lipinski definition) is 0. The first-order valence-corrected chi connectivity index (χ1v) is 9.81. The Morgan fingerprint density at radius 1 is 0.643 bits per heavy atom. The fourth-order valence-electron chi connectivity index (χ4n) is 4.91. The lowest BCUT2D eigenvalue weighted by atomic mass is 9.77. The summed E-state index contributed by atoms with van der Waals surface area (Å²) < 4.78 is 0. The average Bonchev–Trinajstić information content (AvgIpc) is 3.12. The molecule has 0 amide bonds. The largest absolute Gasteiger partial charge is 0.258 e. The van der Waals surface area contributed by atoms with E-state index in [1.807, 2.05) is 6.20 Å². The van der Waals surface area contributed by atoms with Crippen molar-refractivity contribution >= 4 is 22.8 Å². The predicted molar refractivity (Wildman–Crippen MR) is 115 cm³/mol. The molecular formula is C25H21N3. The molecule has 0 fully saturated rings. The first kappa shape index (κ1) is 15.9. The van der Waals surface area contributed by atoms with Crippen molar-refractivity contribution in [2.24, 2.45) is 9.98 Å². The molecule has 0 aliphatic carbocycles. The molecule has 136 valence electrons. The van der Waals surface area contributed by atoms with E-state index in [1.165, 1.54) is 22.3 Å². The Bertz CT molecular complexity index is 1160. The third-order valence-corrected chi connectivity index (χ3v) is 6.53. The zero-order chi connectivity index (χ0) is 19.3. The van der Waals surface area contributed by atoms with E-state index < -0.39 is 0 Å². The zero-order valence-electron chi connectivity index (χ0n) is 16.5. The van der Waals surface area contributed by atoms with Crippen LogP contribution in [0.4, 0.5) is 11.4 Å². The Morgan fingerprint density at radius 3 is 1.82 bits per heavy atom. The van der Waals surface area contributed by atoms with Gasteiger partial charge in [-0.1, -0.05) is 36.4 Å². The number of aliphatic imine (C=N–C) groups is 2. The highest BCUT2D eigenvalue weighted by Gasteiger charge is 2.44. The normalized spacial score (nSPS) is 19.0. The number of rotatable bonds is 0. The van der Waals surface area contributed by atoms with E-state index in [0.717, 1.165) is 34.1 Å². The maximum absolute atomic E-state index is 5.15. The highest BCUT2D eigenvalue weighted by Crippen LogP contribution is 2.53. The fourth-order valence-corrected chi connectivity index (χ4v) is 4.91. The van der Waals surface area contributed by atoms with Gasteiger partial charge in [-0.3, -0.25) is 4.98 Å². The summed E-state index contributed by atoms with van der Waals surface area (Å²) in [6.45, 7) is 8.91. The molecule has 28 heavy (non-hydrogen) atoms. The summed E-state index contributed by atoms with van der Waals surface area (Å²) in [5, 5.41) is 0. The molecule has 6 rings (SSSR count). The maximum atomic E-state index is 5.15. The van der Waals surface area contributed by atoms with Gasteiger partial charge in [0.15, 0.2) is 0 Å². The van der Waals surface area contributed by atoms with Crippen LogP contribution in [-0.4, -0.2) is 16.4 Å². The van der Waals surface area contributed by atoms with Gasteiger partial charge in [0.2, 0.25) is 0 Å². The highest BCUT2D eigenvalue weighted by molar-refractivity contribution is 6.17. The van der Waals surface area contributed by atoms with Crippen LogP contribution in [0.15, 0.2) is 64.7 Å². The minimum absolute atomic E-state index is 0.203. The van der Waals surface area contributed by atoms with E-state index >= 15 is 0 Å². The van der Waals surface area contributed by atoms with E-state index in [-0.39, 0.29) is 10.8 Å². The molecule has 4 heterocycles. The van der Waals surface area contributed by atoms with Crippen molar-refractivity contribution in [3.63, 3.8) is 0 Å². The molecule has 0 radical (unpaired) electrons. The molecule has 3 aliphatic heterocycles. The lowest BCUT2D eigenvalue weighted by Gasteiger charge is -2.25. The van der Waals surface area contributed by atoms with Gasteiger partial charge in [0.05, 0.1) is 28.2 Å². The Labute approximate surface area is 164 Å². The minimum atomic E-state index is -0.252. The van der Waals surface area contributed by atoms with Gasteiger partial charge >= 0.3 is 0 Å². The van der Waals surface area contributed by atoms with Crippen LogP contribution < -0.4 is 0 Å². The summed E-state index contributed by atoms with van der Waals surface area (Å²) >= 11 is 0. The Kier molecular flexibility index (Phi) is 2.76. The first-order valence-electron chi connectivity index (χ1n) is 9.81. The van der Waals surface area contributed by atoms with E-state index in [0.29, 0.717) is 0 Å². The molecule has 0 N–H and O–H groups in total. The Balaban J connectivity index is 1.79. The summed E-state index contributed by atoms with van der Waals surface area (Å²) in [6.07, 6.45) is 2.02. The van der Waals surface area contributed by atoms with E-state index in [1.54, 1.807) is 0 Å². The monoisotopic (exact) mass is 363 g/mol. The molecular weight excluding hydrogens is 342 g/mol. The quantitative estimate of drug-likeness (QED) is 0.491. The van der Waals surface area contributed by atoms with Crippen LogP contribution in [0.25, 0.3) is 11.1 Å². The van der Waals surface area contributed by atoms with Gasteiger partial charge in [0, 0.05) is 17.2 Å². The molecule has 8 bridgehead atoms. The number of benzene rings is 2. The lowest BCUT2D eigenvalue weighted by Crippen LogP contribution is -2.28. The van der Waals surface area contributed by atoms with Crippen molar-refractivity contribution < 1.29 is 0 Å². The van der Waals surface area contributed by atoms with Crippen LogP contribution >= 0.6 is 0 Å². The summed E-state index contributed by atoms with van der Waals surface area (Å²) in [5.41, 5.74) is 10.6. The smallest absolute Gasteiger partial charge is 0.112 e. The van der Waals surface area contributed by atoms with Gasteiger partial charge in [0.1, 0.15) is 5.69 Å². The Hall–Kier alpha value is -3.07. The van der Waals surface area contributed by atoms with Crippen LogP contribution in [0.1, 0.15) is 50.1 Å². The summed E-state index contributed by atoms with van der Waals surface area (Å²) in [7, 11) is 0. The van der Waals surface area contributed by atoms with Gasteiger partial charge in [-0.25, -0.2) is 9.98 Å².